The maximum Gasteiger partial charge on any atom is 0.588 e. The summed E-state index contributed by atoms with van der Waals surface area (Å²) < 4.78 is 63.3. The van der Waals surface area contributed by atoms with Crippen LogP contribution in [-0.2, 0) is 47.1 Å². The Bertz CT molecular complexity index is 1950. The maximum absolute atomic E-state index is 15.1. The zero-order chi connectivity index (χ0) is 55.3. The Morgan fingerprint density at radius 2 is 1.16 bits per heavy atom. The average Bonchev–Trinajstić information content (AvgIpc) is 3.33. The zero-order valence-corrected chi connectivity index (χ0v) is 49.5. The Labute approximate surface area is 478 Å². The molecule has 23 heteroatoms. The summed E-state index contributed by atoms with van der Waals surface area (Å²) in [5.41, 5.74) is -3.38. The number of benzene rings is 2. The first-order chi connectivity index (χ1) is 35.5. The van der Waals surface area contributed by atoms with Gasteiger partial charge in [-0.3, -0.25) is 14.1 Å². The van der Waals surface area contributed by atoms with Gasteiger partial charge in [0.15, 0.2) is 17.3 Å². The molecule has 1 heterocycles. The summed E-state index contributed by atoms with van der Waals surface area (Å²) >= 11 is 42.6. The molecule has 0 aromatic heterocycles. The Balaban J connectivity index is 2.02. The highest BCUT2D eigenvalue weighted by molar-refractivity contribution is 7.49. The summed E-state index contributed by atoms with van der Waals surface area (Å²) in [6.45, 7) is 5.47. The van der Waals surface area contributed by atoms with Crippen molar-refractivity contribution in [2.24, 2.45) is 0 Å². The van der Waals surface area contributed by atoms with Crippen LogP contribution in [0.3, 0.4) is 0 Å². The molecule has 1 fully saturated rings. The first-order valence-electron chi connectivity index (χ1n) is 25.9. The van der Waals surface area contributed by atoms with Crippen molar-refractivity contribution >= 4 is 113 Å². The molecule has 426 valence electrons. The van der Waals surface area contributed by atoms with Crippen LogP contribution in [0, 0.1) is 0 Å². The minimum atomic E-state index is -4.98. The van der Waals surface area contributed by atoms with Crippen molar-refractivity contribution in [3.63, 3.8) is 0 Å². The van der Waals surface area contributed by atoms with Crippen LogP contribution in [0.15, 0.2) is 60.7 Å². The van der Waals surface area contributed by atoms with Gasteiger partial charge in [-0.2, -0.15) is 0 Å². The van der Waals surface area contributed by atoms with Crippen molar-refractivity contribution in [2.75, 3.05) is 13.2 Å². The van der Waals surface area contributed by atoms with Crippen LogP contribution in [0.4, 0.5) is 9.59 Å². The quantitative estimate of drug-likeness (QED) is 0.0226. The van der Waals surface area contributed by atoms with E-state index in [0.717, 1.165) is 64.2 Å². The fourth-order valence-electron chi connectivity index (χ4n) is 7.74. The van der Waals surface area contributed by atoms with Crippen LogP contribution >= 0.6 is 89.0 Å². The number of ether oxygens (including phenoxy) is 6. The topological polar surface area (TPSA) is 180 Å². The van der Waals surface area contributed by atoms with Crippen LogP contribution in [0.5, 0.6) is 11.5 Å². The molecule has 0 bridgehead atoms. The van der Waals surface area contributed by atoms with Gasteiger partial charge < -0.3 is 42.8 Å². The van der Waals surface area contributed by atoms with Gasteiger partial charge in [-0.25, -0.2) is 14.2 Å². The van der Waals surface area contributed by atoms with E-state index in [9.17, 15) is 19.2 Å². The van der Waals surface area contributed by atoms with Gasteiger partial charge in [0.25, 0.3) is 0 Å². The van der Waals surface area contributed by atoms with Crippen LogP contribution in [0.2, 0.25) is 0 Å². The molecule has 0 spiro atoms. The predicted molar refractivity (Wildman–Crippen MR) is 295 cm³/mol. The highest BCUT2D eigenvalue weighted by Gasteiger charge is 2.54. The van der Waals surface area contributed by atoms with Crippen LogP contribution < -0.4 is 14.4 Å². The number of esters is 2. The standard InChI is InChI=1S/C52H75Cl7NO14P/c1-5-7-9-11-13-15-17-19-23-33-40(68-42(61)34-28-20-18-16-14-12-10-8-6-2)35-43(62)70-46-44(60-48(63)67-37-51(54,55)56)47(53)69-41(36-66-49(64)71-50(3,4)52(57,58)59)45(46)74-75(65,72-38-29-24-21-25-30-38)73-39-31-26-22-27-32-39/h21-22,24-27,29-32,40-41,44-47H,5-20,23,28,33-37H2,1-4H3,(H,60,63)/t40-,41-,44+,45-,46-,47+/m1/s1. The van der Waals surface area contributed by atoms with Gasteiger partial charge in [-0.15, -0.1) is 0 Å². The molecule has 75 heavy (non-hydrogen) atoms. The first-order valence-corrected chi connectivity index (χ1v) is 30.1. The fraction of sp³-hybridized carbons (Fsp3) is 0.692. The number of hydrogen-bond acceptors (Lipinski definition) is 14. The van der Waals surface area contributed by atoms with E-state index in [-0.39, 0.29) is 17.9 Å². The highest BCUT2D eigenvalue weighted by Crippen LogP contribution is 2.53. The van der Waals surface area contributed by atoms with E-state index < -0.39 is 101 Å². The van der Waals surface area contributed by atoms with Crippen molar-refractivity contribution in [2.45, 2.75) is 212 Å². The van der Waals surface area contributed by atoms with Gasteiger partial charge in [-0.05, 0) is 57.4 Å². The molecule has 0 aliphatic carbocycles. The van der Waals surface area contributed by atoms with E-state index in [4.69, 9.17) is 123 Å². The van der Waals surface area contributed by atoms with Crippen LogP contribution in [-0.4, -0.2) is 86.6 Å². The minimum absolute atomic E-state index is 0.0242. The maximum atomic E-state index is 15.1. The molecule has 0 radical (unpaired) electrons. The van der Waals surface area contributed by atoms with E-state index in [1.165, 1.54) is 76.6 Å². The number of carbonyl (C=O) groups excluding carboxylic acids is 4. The number of alkyl halides is 7. The van der Waals surface area contributed by atoms with Crippen molar-refractivity contribution < 1.29 is 65.7 Å². The number of unbranched alkanes of at least 4 members (excludes halogenated alkanes) is 16. The lowest BCUT2D eigenvalue weighted by molar-refractivity contribution is -0.196. The van der Waals surface area contributed by atoms with Gasteiger partial charge in [0.1, 0.15) is 49.1 Å². The third kappa shape index (κ3) is 27.9. The van der Waals surface area contributed by atoms with E-state index in [1.54, 1.807) is 36.4 Å². The third-order valence-corrected chi connectivity index (χ3v) is 15.4. The molecule has 0 saturated carbocycles. The van der Waals surface area contributed by atoms with Gasteiger partial charge in [0, 0.05) is 6.42 Å². The Morgan fingerprint density at radius 3 is 1.65 bits per heavy atom. The Kier molecular flexibility index (Phi) is 31.6. The second kappa shape index (κ2) is 35.3. The van der Waals surface area contributed by atoms with Crippen molar-refractivity contribution in [1.29, 1.82) is 0 Å². The predicted octanol–water partition coefficient (Wildman–Crippen LogP) is 16.4. The van der Waals surface area contributed by atoms with Gasteiger partial charge in [0.2, 0.25) is 7.59 Å². The average molecular weight is 1220 g/mol. The molecule has 1 aliphatic rings. The van der Waals surface area contributed by atoms with E-state index in [1.807, 2.05) is 0 Å². The number of nitrogens with one attached hydrogen (secondary N) is 1. The SMILES string of the molecule is CCCCCCCCCCCC(=O)O[C@H](CCCCCCCCCCC)CC(=O)O[C@@H]1[C@H](NC(=O)OCC(Cl)(Cl)Cl)[C@@H](Cl)O[C@H](COC(=O)OC(C)(C)C(Cl)(Cl)Cl)[C@H]1OP(=O)(Oc1ccccc1)Oc1ccccc1. The molecule has 2 aromatic rings. The lowest BCUT2D eigenvalue weighted by Gasteiger charge is -2.44. The fourth-order valence-corrected chi connectivity index (χ4v) is 9.80. The molecular weight excluding hydrogens is 1140 g/mol. The van der Waals surface area contributed by atoms with Gasteiger partial charge in [0.05, 0.1) is 6.42 Å². The number of alkyl carbamates (subject to hydrolysis) is 1. The van der Waals surface area contributed by atoms with Crippen molar-refractivity contribution in [3.8, 4) is 11.5 Å². The van der Waals surface area contributed by atoms with Gasteiger partial charge in [-0.1, -0.05) is 234 Å². The number of carbonyl (C=O) groups is 4. The second-order valence-corrected chi connectivity index (χ2v) is 25.5. The summed E-state index contributed by atoms with van der Waals surface area (Å²) in [5, 5.41) is 2.47. The number of halogens is 7. The molecule has 1 saturated heterocycles. The number of phosphoric acid groups is 1. The summed E-state index contributed by atoms with van der Waals surface area (Å²) in [4.78, 5) is 54.5. The Hall–Kier alpha value is -2.30. The Morgan fingerprint density at radius 1 is 0.667 bits per heavy atom. The van der Waals surface area contributed by atoms with E-state index in [2.05, 4.69) is 19.2 Å². The zero-order valence-electron chi connectivity index (χ0n) is 43.3. The number of phosphoric ester groups is 1. The summed E-state index contributed by atoms with van der Waals surface area (Å²) in [6.07, 6.45) is 10.1. The van der Waals surface area contributed by atoms with E-state index >= 15 is 4.57 Å². The lowest BCUT2D eigenvalue weighted by atomic mass is 9.97. The second-order valence-electron chi connectivity index (χ2n) is 18.9. The molecular formula is C52H75Cl7NO14P. The van der Waals surface area contributed by atoms with E-state index in [0.29, 0.717) is 19.3 Å². The molecule has 1 amide bonds. The smallest absolute Gasteiger partial charge is 0.462 e. The van der Waals surface area contributed by atoms with Crippen molar-refractivity contribution in [3.05, 3.63) is 60.7 Å². The lowest BCUT2D eigenvalue weighted by Crippen LogP contribution is -2.65. The molecule has 15 nitrogen and oxygen atoms in total. The molecule has 0 unspecified atom stereocenters. The normalized spacial score (nSPS) is 18.6. The summed E-state index contributed by atoms with van der Waals surface area (Å²) in [5.74, 6) is -1.37. The third-order valence-electron chi connectivity index (χ3n) is 11.9. The molecule has 2 aromatic carbocycles. The molecule has 3 rings (SSSR count). The first kappa shape index (κ1) is 67.0. The number of amides is 1. The molecule has 1 aliphatic heterocycles. The monoisotopic (exact) mass is 1210 g/mol. The number of hydrogen-bond donors (Lipinski definition) is 1. The van der Waals surface area contributed by atoms with Gasteiger partial charge >= 0.3 is 32.0 Å². The van der Waals surface area contributed by atoms with Crippen LogP contribution in [0.25, 0.3) is 0 Å². The van der Waals surface area contributed by atoms with Crippen LogP contribution in [0.1, 0.15) is 163 Å². The van der Waals surface area contributed by atoms with Crippen molar-refractivity contribution in [1.82, 2.24) is 5.32 Å². The number of para-hydroxylation sites is 2. The summed E-state index contributed by atoms with van der Waals surface area (Å²) in [6, 6.07) is 14.1. The largest absolute Gasteiger partial charge is 0.588 e. The molecule has 1 N–H and O–H groups in total. The highest BCUT2D eigenvalue weighted by atomic mass is 35.6. The number of rotatable bonds is 35. The summed E-state index contributed by atoms with van der Waals surface area (Å²) in [7, 11) is -4.98. The molecule has 6 atom stereocenters. The minimum Gasteiger partial charge on any atom is -0.462 e.